The van der Waals surface area contributed by atoms with Crippen LogP contribution in [0.1, 0.15) is 34.7 Å². The molecule has 2 bridgehead atoms. The summed E-state index contributed by atoms with van der Waals surface area (Å²) in [6, 6.07) is 7.61. The first-order valence-electron chi connectivity index (χ1n) is 12.7. The number of hydrogen-bond donors (Lipinski definition) is 2. The fraction of sp³-hybridized carbons (Fsp3) is 0.481. The summed E-state index contributed by atoms with van der Waals surface area (Å²) in [4.78, 5) is 25.5. The second kappa shape index (κ2) is 8.33. The molecule has 6 heterocycles. The maximum Gasteiger partial charge on any atom is 0.320 e. The summed E-state index contributed by atoms with van der Waals surface area (Å²) in [5, 5.41) is 4.80. The molecule has 0 spiro atoms. The molecule has 182 valence electrons. The van der Waals surface area contributed by atoms with Crippen molar-refractivity contribution in [3.05, 3.63) is 52.8 Å². The number of benzene rings is 1. The molecule has 7 rings (SSSR count). The van der Waals surface area contributed by atoms with Gasteiger partial charge in [-0.3, -0.25) is 0 Å². The number of pyridine rings is 1. The number of aromatic amines is 1. The summed E-state index contributed by atoms with van der Waals surface area (Å²) in [5.41, 5.74) is 8.25. The molecule has 8 heteroatoms. The number of urea groups is 1. The Kier molecular flexibility index (Phi) is 5.08. The second-order valence-electron chi connectivity index (χ2n) is 10.3. The van der Waals surface area contributed by atoms with E-state index < -0.39 is 0 Å². The van der Waals surface area contributed by atoms with Gasteiger partial charge in [0, 0.05) is 43.0 Å². The molecule has 4 aliphatic heterocycles. The Labute approximate surface area is 204 Å². The van der Waals surface area contributed by atoms with Crippen LogP contribution < -0.4 is 5.32 Å². The van der Waals surface area contributed by atoms with Gasteiger partial charge in [-0.2, -0.15) is 0 Å². The topological polar surface area (TPSA) is 82.7 Å². The first-order chi connectivity index (χ1) is 17.2. The Bertz CT molecular complexity index is 1280. The largest absolute Gasteiger partial charge is 0.378 e. The number of morpholine rings is 2. The van der Waals surface area contributed by atoms with E-state index in [2.05, 4.69) is 45.3 Å². The predicted molar refractivity (Wildman–Crippen MR) is 132 cm³/mol. The van der Waals surface area contributed by atoms with Crippen LogP contribution >= 0.6 is 0 Å². The third-order valence-electron chi connectivity index (χ3n) is 8.19. The first kappa shape index (κ1) is 21.4. The molecular weight excluding hydrogens is 442 g/mol. The fourth-order valence-electron chi connectivity index (χ4n) is 6.21. The monoisotopic (exact) mass is 473 g/mol. The number of hydrogen-bond acceptors (Lipinski definition) is 5. The minimum absolute atomic E-state index is 0.120. The van der Waals surface area contributed by atoms with Gasteiger partial charge in [0.05, 0.1) is 44.6 Å². The van der Waals surface area contributed by atoms with Gasteiger partial charge in [-0.25, -0.2) is 9.78 Å². The zero-order valence-corrected chi connectivity index (χ0v) is 20.0. The highest BCUT2D eigenvalue weighted by molar-refractivity contribution is 5.85. The van der Waals surface area contributed by atoms with Gasteiger partial charge in [0.1, 0.15) is 5.65 Å². The molecule has 2 N–H and O–H groups in total. The lowest BCUT2D eigenvalue weighted by molar-refractivity contribution is -0.106. The van der Waals surface area contributed by atoms with Crippen molar-refractivity contribution in [2.45, 2.75) is 44.4 Å². The molecule has 3 aromatic rings. The molecule has 1 aromatic carbocycles. The Balaban J connectivity index is 1.25. The number of carbonyl (C=O) groups excluding carboxylic acids is 1. The van der Waals surface area contributed by atoms with Gasteiger partial charge >= 0.3 is 6.03 Å². The highest BCUT2D eigenvalue weighted by Crippen LogP contribution is 2.37. The van der Waals surface area contributed by atoms with E-state index in [9.17, 15) is 4.79 Å². The number of H-pyrrole nitrogens is 1. The van der Waals surface area contributed by atoms with Gasteiger partial charge in [0.15, 0.2) is 0 Å². The zero-order valence-electron chi connectivity index (χ0n) is 20.0. The maximum absolute atomic E-state index is 13.5. The number of ether oxygens (including phenoxy) is 2. The highest BCUT2D eigenvalue weighted by Gasteiger charge is 2.47. The van der Waals surface area contributed by atoms with Crippen molar-refractivity contribution in [3.63, 3.8) is 0 Å². The van der Waals surface area contributed by atoms with Crippen LogP contribution in [0.4, 0.5) is 4.79 Å². The Morgan fingerprint density at radius 1 is 1.11 bits per heavy atom. The Morgan fingerprint density at radius 3 is 2.80 bits per heavy atom. The van der Waals surface area contributed by atoms with Gasteiger partial charge in [0.25, 0.3) is 0 Å². The summed E-state index contributed by atoms with van der Waals surface area (Å²) in [6.07, 6.45) is 5.89. The highest BCUT2D eigenvalue weighted by atomic mass is 16.5. The van der Waals surface area contributed by atoms with Crippen molar-refractivity contribution < 1.29 is 14.3 Å². The molecule has 3 atom stereocenters. The van der Waals surface area contributed by atoms with Crippen molar-refractivity contribution in [2.24, 2.45) is 0 Å². The number of carbonyl (C=O) groups is 1. The van der Waals surface area contributed by atoms with Crippen LogP contribution in [-0.2, 0) is 22.4 Å². The van der Waals surface area contributed by atoms with Gasteiger partial charge in [0.2, 0.25) is 0 Å². The Morgan fingerprint density at radius 2 is 2.00 bits per heavy atom. The van der Waals surface area contributed by atoms with E-state index in [1.807, 2.05) is 17.3 Å². The summed E-state index contributed by atoms with van der Waals surface area (Å²) in [5.74, 6) is 0. The van der Waals surface area contributed by atoms with Crippen LogP contribution in [0.15, 0.2) is 30.6 Å². The van der Waals surface area contributed by atoms with Gasteiger partial charge in [-0.1, -0.05) is 6.07 Å². The van der Waals surface area contributed by atoms with Crippen molar-refractivity contribution in [1.29, 1.82) is 0 Å². The molecule has 8 nitrogen and oxygen atoms in total. The fourth-order valence-corrected chi connectivity index (χ4v) is 6.21. The SMILES string of the molecule is Cc1c[nH]c2ncc(-c3cc4c(c([C@@H]5COCCN5)c3)CN(C(=O)N3C5COCC3C5)CC4)cc12. The standard InChI is InChI=1S/C27H31N5O3/c1-16-10-29-26-22(16)8-19(11-30-26)18-6-17-2-4-31(27(33)32-20-9-21(32)14-35-13-20)12-24(17)23(7-18)25-15-34-5-3-28-25/h6-8,10-11,20-21,25,28H,2-5,9,12-15H2,1H3,(H,29,30)/t20?,21?,25-/m0/s1. The molecule has 2 unspecified atom stereocenters. The van der Waals surface area contributed by atoms with Crippen molar-refractivity contribution in [3.8, 4) is 11.1 Å². The van der Waals surface area contributed by atoms with E-state index >= 15 is 0 Å². The van der Waals surface area contributed by atoms with Crippen LogP contribution in [0.2, 0.25) is 0 Å². The van der Waals surface area contributed by atoms with Crippen LogP contribution in [0, 0.1) is 6.92 Å². The second-order valence-corrected chi connectivity index (χ2v) is 10.3. The molecule has 4 aliphatic rings. The zero-order chi connectivity index (χ0) is 23.5. The number of aryl methyl sites for hydroxylation is 1. The number of fused-ring (bicyclic) bond motifs is 4. The van der Waals surface area contributed by atoms with Crippen molar-refractivity contribution >= 4 is 17.1 Å². The Hall–Kier alpha value is -2.94. The first-order valence-corrected chi connectivity index (χ1v) is 12.7. The summed E-state index contributed by atoms with van der Waals surface area (Å²) >= 11 is 0. The van der Waals surface area contributed by atoms with Crippen LogP contribution in [0.5, 0.6) is 0 Å². The van der Waals surface area contributed by atoms with E-state index in [4.69, 9.17) is 9.47 Å². The quantitative estimate of drug-likeness (QED) is 0.598. The third-order valence-corrected chi connectivity index (χ3v) is 8.19. The van der Waals surface area contributed by atoms with Crippen LogP contribution in [0.25, 0.3) is 22.2 Å². The summed E-state index contributed by atoms with van der Waals surface area (Å²) in [6.45, 7) is 7.05. The summed E-state index contributed by atoms with van der Waals surface area (Å²) < 4.78 is 11.4. The van der Waals surface area contributed by atoms with E-state index in [1.165, 1.54) is 27.8 Å². The molecule has 0 saturated carbocycles. The van der Waals surface area contributed by atoms with Gasteiger partial charge < -0.3 is 29.6 Å². The summed E-state index contributed by atoms with van der Waals surface area (Å²) in [7, 11) is 0. The van der Waals surface area contributed by atoms with E-state index in [-0.39, 0.29) is 24.2 Å². The predicted octanol–water partition coefficient (Wildman–Crippen LogP) is 3.15. The van der Waals surface area contributed by atoms with Gasteiger partial charge in [-0.05, 0) is 59.7 Å². The average molecular weight is 474 g/mol. The number of amides is 2. The number of rotatable bonds is 2. The molecule has 35 heavy (non-hydrogen) atoms. The van der Waals surface area contributed by atoms with Crippen molar-refractivity contribution in [1.82, 2.24) is 25.1 Å². The molecule has 2 amide bonds. The minimum Gasteiger partial charge on any atom is -0.378 e. The molecule has 3 saturated heterocycles. The lowest BCUT2D eigenvalue weighted by Crippen LogP contribution is -2.68. The smallest absolute Gasteiger partial charge is 0.320 e. The van der Waals surface area contributed by atoms with Crippen LogP contribution in [-0.4, -0.2) is 77.4 Å². The molecule has 3 fully saturated rings. The maximum atomic E-state index is 13.5. The number of aromatic nitrogens is 2. The van der Waals surface area contributed by atoms with Gasteiger partial charge in [-0.15, -0.1) is 0 Å². The number of nitrogens with zero attached hydrogens (tertiary/aromatic N) is 3. The van der Waals surface area contributed by atoms with Crippen LogP contribution in [0.3, 0.4) is 0 Å². The molecular formula is C27H31N5O3. The van der Waals surface area contributed by atoms with E-state index in [1.54, 1.807) is 0 Å². The third kappa shape index (κ3) is 3.54. The van der Waals surface area contributed by atoms with Crippen molar-refractivity contribution in [2.75, 3.05) is 39.5 Å². The molecule has 2 aromatic heterocycles. The minimum atomic E-state index is 0.120. The normalized spacial score (nSPS) is 25.9. The average Bonchev–Trinajstić information content (AvgIpc) is 3.28. The lowest BCUT2D eigenvalue weighted by atomic mass is 9.87. The van der Waals surface area contributed by atoms with E-state index in [0.29, 0.717) is 26.4 Å². The molecule has 0 aliphatic carbocycles. The number of nitrogens with one attached hydrogen (secondary N) is 2. The molecule has 0 radical (unpaired) electrons. The van der Waals surface area contributed by atoms with E-state index in [0.717, 1.165) is 49.1 Å². The lowest BCUT2D eigenvalue weighted by Gasteiger charge is -2.53.